The van der Waals surface area contributed by atoms with Crippen molar-refractivity contribution in [2.75, 3.05) is 13.1 Å². The largest absolute Gasteiger partial charge is 0.349 e. The molecule has 3 rings (SSSR count). The quantitative estimate of drug-likeness (QED) is 0.831. The van der Waals surface area contributed by atoms with Crippen LogP contribution in [0.3, 0.4) is 0 Å². The van der Waals surface area contributed by atoms with Gasteiger partial charge in [0.2, 0.25) is 11.8 Å². The molecule has 0 unspecified atom stereocenters. The first-order chi connectivity index (χ1) is 12.7. The van der Waals surface area contributed by atoms with Crippen molar-refractivity contribution in [1.29, 1.82) is 0 Å². The minimum absolute atomic E-state index is 0.0769. The van der Waals surface area contributed by atoms with Crippen molar-refractivity contribution >= 4 is 11.8 Å². The van der Waals surface area contributed by atoms with E-state index in [1.54, 1.807) is 0 Å². The van der Waals surface area contributed by atoms with E-state index in [4.69, 9.17) is 0 Å². The van der Waals surface area contributed by atoms with E-state index in [1.807, 2.05) is 35.2 Å². The summed E-state index contributed by atoms with van der Waals surface area (Å²) in [4.78, 5) is 30.5. The molecule has 0 saturated carbocycles. The fraction of sp³-hybridized carbons (Fsp3) is 0.474. The molecular weight excluding hydrogens is 330 g/mol. The van der Waals surface area contributed by atoms with E-state index in [2.05, 4.69) is 20.5 Å². The van der Waals surface area contributed by atoms with Crippen molar-refractivity contribution in [3.8, 4) is 11.4 Å². The molecule has 1 aromatic heterocycles. The number of aromatic amines is 1. The fourth-order valence-corrected chi connectivity index (χ4v) is 3.06. The van der Waals surface area contributed by atoms with Crippen LogP contribution in [-0.4, -0.2) is 45.0 Å². The van der Waals surface area contributed by atoms with Crippen LogP contribution in [0.4, 0.5) is 0 Å². The van der Waals surface area contributed by atoms with E-state index in [0.29, 0.717) is 11.6 Å². The standard InChI is InChI=1S/C19H25N5O2/c25-17(10-11-18(26)24-12-6-1-2-7-13-24)20-14-16-21-19(23-22-16)15-8-4-3-5-9-15/h3-5,8-9H,1-2,6-7,10-14H2,(H,20,25)(H,21,22,23). The Morgan fingerprint density at radius 2 is 1.77 bits per heavy atom. The summed E-state index contributed by atoms with van der Waals surface area (Å²) in [6.07, 6.45) is 4.96. The zero-order chi connectivity index (χ0) is 18.2. The first-order valence-corrected chi connectivity index (χ1v) is 9.23. The van der Waals surface area contributed by atoms with E-state index in [9.17, 15) is 9.59 Å². The number of carbonyl (C=O) groups is 2. The Bertz CT molecular complexity index is 721. The van der Waals surface area contributed by atoms with Gasteiger partial charge in [0.25, 0.3) is 0 Å². The molecule has 0 radical (unpaired) electrons. The van der Waals surface area contributed by atoms with Crippen molar-refractivity contribution in [1.82, 2.24) is 25.4 Å². The van der Waals surface area contributed by atoms with Gasteiger partial charge in [-0.1, -0.05) is 43.2 Å². The fourth-order valence-electron chi connectivity index (χ4n) is 3.06. The Balaban J connectivity index is 1.41. The average Bonchev–Trinajstić information content (AvgIpc) is 2.98. The SMILES string of the molecule is O=C(CCC(=O)N1CCCCCC1)NCc1nc(-c2ccccc2)n[nH]1. The predicted octanol–water partition coefficient (Wildman–Crippen LogP) is 2.27. The van der Waals surface area contributed by atoms with Gasteiger partial charge in [-0.2, -0.15) is 5.10 Å². The van der Waals surface area contributed by atoms with Crippen molar-refractivity contribution < 1.29 is 9.59 Å². The number of hydrogen-bond donors (Lipinski definition) is 2. The van der Waals surface area contributed by atoms with E-state index in [1.165, 1.54) is 12.8 Å². The molecular formula is C19H25N5O2. The number of likely N-dealkylation sites (tertiary alicyclic amines) is 1. The molecule has 2 aromatic rings. The molecule has 26 heavy (non-hydrogen) atoms. The molecule has 2 heterocycles. The Labute approximate surface area is 153 Å². The molecule has 0 spiro atoms. The molecule has 1 aromatic carbocycles. The van der Waals surface area contributed by atoms with E-state index >= 15 is 0 Å². The van der Waals surface area contributed by atoms with E-state index in [-0.39, 0.29) is 31.2 Å². The first-order valence-electron chi connectivity index (χ1n) is 9.23. The second-order valence-electron chi connectivity index (χ2n) is 6.54. The van der Waals surface area contributed by atoms with Gasteiger partial charge >= 0.3 is 0 Å². The zero-order valence-corrected chi connectivity index (χ0v) is 14.9. The van der Waals surface area contributed by atoms with Crippen LogP contribution in [0, 0.1) is 0 Å². The highest BCUT2D eigenvalue weighted by molar-refractivity contribution is 5.83. The molecule has 2 amide bonds. The van der Waals surface area contributed by atoms with Crippen LogP contribution in [0.25, 0.3) is 11.4 Å². The van der Waals surface area contributed by atoms with E-state index in [0.717, 1.165) is 31.5 Å². The zero-order valence-electron chi connectivity index (χ0n) is 14.9. The second-order valence-corrected chi connectivity index (χ2v) is 6.54. The van der Waals surface area contributed by atoms with Gasteiger partial charge in [-0.05, 0) is 12.8 Å². The first kappa shape index (κ1) is 18.1. The molecule has 1 saturated heterocycles. The summed E-state index contributed by atoms with van der Waals surface area (Å²) in [5.41, 5.74) is 0.921. The Hall–Kier alpha value is -2.70. The maximum Gasteiger partial charge on any atom is 0.223 e. The molecule has 7 nitrogen and oxygen atoms in total. The number of rotatable bonds is 6. The van der Waals surface area contributed by atoms with Crippen LogP contribution in [0.5, 0.6) is 0 Å². The lowest BCUT2D eigenvalue weighted by atomic mass is 10.2. The van der Waals surface area contributed by atoms with Gasteiger partial charge in [-0.25, -0.2) is 4.98 Å². The number of aromatic nitrogens is 3. The molecule has 2 N–H and O–H groups in total. The number of carbonyl (C=O) groups excluding carboxylic acids is 2. The van der Waals surface area contributed by atoms with Gasteiger partial charge in [0.1, 0.15) is 5.82 Å². The minimum Gasteiger partial charge on any atom is -0.349 e. The third-order valence-corrected chi connectivity index (χ3v) is 4.54. The maximum atomic E-state index is 12.2. The summed E-state index contributed by atoms with van der Waals surface area (Å²) >= 11 is 0. The van der Waals surface area contributed by atoms with Crippen molar-refractivity contribution in [3.63, 3.8) is 0 Å². The van der Waals surface area contributed by atoms with Gasteiger partial charge in [-0.3, -0.25) is 14.7 Å². The minimum atomic E-state index is -0.147. The lowest BCUT2D eigenvalue weighted by Gasteiger charge is -2.20. The highest BCUT2D eigenvalue weighted by Crippen LogP contribution is 2.13. The molecule has 7 heteroatoms. The molecule has 1 aliphatic heterocycles. The van der Waals surface area contributed by atoms with Crippen LogP contribution < -0.4 is 5.32 Å². The van der Waals surface area contributed by atoms with Gasteiger partial charge in [0.15, 0.2) is 5.82 Å². The summed E-state index contributed by atoms with van der Waals surface area (Å²) in [6, 6.07) is 9.65. The second kappa shape index (κ2) is 9.12. The Kier molecular flexibility index (Phi) is 6.35. The molecule has 0 bridgehead atoms. The van der Waals surface area contributed by atoms with Gasteiger partial charge in [-0.15, -0.1) is 0 Å². The average molecular weight is 355 g/mol. The highest BCUT2D eigenvalue weighted by atomic mass is 16.2. The number of amides is 2. The topological polar surface area (TPSA) is 91.0 Å². The third-order valence-electron chi connectivity index (χ3n) is 4.54. The van der Waals surface area contributed by atoms with Crippen LogP contribution >= 0.6 is 0 Å². The summed E-state index contributed by atoms with van der Waals surface area (Å²) in [5.74, 6) is 1.13. The summed E-state index contributed by atoms with van der Waals surface area (Å²) < 4.78 is 0. The molecule has 0 atom stereocenters. The lowest BCUT2D eigenvalue weighted by Crippen LogP contribution is -2.33. The summed E-state index contributed by atoms with van der Waals surface area (Å²) in [7, 11) is 0. The monoisotopic (exact) mass is 355 g/mol. The third kappa shape index (κ3) is 5.15. The van der Waals surface area contributed by atoms with Crippen LogP contribution in [0.15, 0.2) is 30.3 Å². The van der Waals surface area contributed by atoms with Gasteiger partial charge in [0.05, 0.1) is 6.54 Å². The van der Waals surface area contributed by atoms with Crippen molar-refractivity contribution in [3.05, 3.63) is 36.2 Å². The molecule has 138 valence electrons. The Morgan fingerprint density at radius 1 is 1.04 bits per heavy atom. The number of hydrogen-bond acceptors (Lipinski definition) is 4. The number of nitrogens with one attached hydrogen (secondary N) is 2. The normalized spacial score (nSPS) is 14.7. The summed E-state index contributed by atoms with van der Waals surface area (Å²) in [6.45, 7) is 1.91. The van der Waals surface area contributed by atoms with Crippen LogP contribution in [0.2, 0.25) is 0 Å². The number of nitrogens with zero attached hydrogens (tertiary/aromatic N) is 3. The van der Waals surface area contributed by atoms with E-state index < -0.39 is 0 Å². The smallest absolute Gasteiger partial charge is 0.223 e. The highest BCUT2D eigenvalue weighted by Gasteiger charge is 2.16. The number of benzene rings is 1. The van der Waals surface area contributed by atoms with Crippen LogP contribution in [0.1, 0.15) is 44.3 Å². The van der Waals surface area contributed by atoms with Gasteiger partial charge in [0, 0.05) is 31.5 Å². The summed E-state index contributed by atoms with van der Waals surface area (Å²) in [5, 5.41) is 9.78. The van der Waals surface area contributed by atoms with Crippen molar-refractivity contribution in [2.24, 2.45) is 0 Å². The molecule has 1 fully saturated rings. The maximum absolute atomic E-state index is 12.2. The Morgan fingerprint density at radius 3 is 2.50 bits per heavy atom. The number of H-pyrrole nitrogens is 1. The predicted molar refractivity (Wildman–Crippen MR) is 97.9 cm³/mol. The van der Waals surface area contributed by atoms with Crippen LogP contribution in [-0.2, 0) is 16.1 Å². The lowest BCUT2D eigenvalue weighted by molar-refractivity contribution is -0.133. The molecule has 0 aliphatic carbocycles. The van der Waals surface area contributed by atoms with Gasteiger partial charge < -0.3 is 10.2 Å². The van der Waals surface area contributed by atoms with Crippen molar-refractivity contribution in [2.45, 2.75) is 45.1 Å². The molecule has 1 aliphatic rings.